The lowest BCUT2D eigenvalue weighted by Gasteiger charge is -2.11. The third-order valence-corrected chi connectivity index (χ3v) is 2.23. The van der Waals surface area contributed by atoms with Gasteiger partial charge in [0.1, 0.15) is 5.75 Å². The number of hydrogen-bond donors (Lipinski definition) is 2. The first-order chi connectivity index (χ1) is 7.00. The molecule has 1 rings (SSSR count). The van der Waals surface area contributed by atoms with Crippen molar-refractivity contribution in [2.75, 3.05) is 12.3 Å². The Kier molecular flexibility index (Phi) is 3.55. The zero-order chi connectivity index (χ0) is 11.4. The quantitative estimate of drug-likeness (QED) is 0.727. The van der Waals surface area contributed by atoms with Crippen molar-refractivity contribution in [1.82, 2.24) is 0 Å². The van der Waals surface area contributed by atoms with Gasteiger partial charge in [-0.25, -0.2) is 0 Å². The Morgan fingerprint density at radius 1 is 1.53 bits per heavy atom. The van der Waals surface area contributed by atoms with Gasteiger partial charge in [-0.15, -0.1) is 0 Å². The molecule has 0 saturated heterocycles. The molecule has 1 atom stereocenters. The van der Waals surface area contributed by atoms with E-state index < -0.39 is 0 Å². The van der Waals surface area contributed by atoms with Crippen LogP contribution in [0.1, 0.15) is 12.5 Å². The first kappa shape index (κ1) is 11.4. The van der Waals surface area contributed by atoms with Gasteiger partial charge in [-0.3, -0.25) is 4.79 Å². The van der Waals surface area contributed by atoms with Crippen LogP contribution in [-0.2, 0) is 4.79 Å². The summed E-state index contributed by atoms with van der Waals surface area (Å²) in [5.41, 5.74) is 12.5. The molecule has 0 radical (unpaired) electrons. The fraction of sp³-hybridized carbons (Fsp3) is 0.364. The number of hydrogen-bond acceptors (Lipinski definition) is 3. The lowest BCUT2D eigenvalue weighted by Crippen LogP contribution is -2.25. The molecular formula is C11H16N2O2. The molecule has 1 aromatic carbocycles. The summed E-state index contributed by atoms with van der Waals surface area (Å²) in [7, 11) is 0. The molecule has 1 aromatic rings. The number of anilines is 1. The van der Waals surface area contributed by atoms with Crippen molar-refractivity contribution in [2.45, 2.75) is 13.8 Å². The average Bonchev–Trinajstić information content (AvgIpc) is 2.19. The van der Waals surface area contributed by atoms with Crippen LogP contribution >= 0.6 is 0 Å². The molecule has 0 aliphatic heterocycles. The predicted octanol–water partition coefficient (Wildman–Crippen LogP) is 1.08. The summed E-state index contributed by atoms with van der Waals surface area (Å²) in [6, 6.07) is 5.39. The number of carbonyl (C=O) groups excluding carboxylic acids is 1. The van der Waals surface area contributed by atoms with Crippen LogP contribution in [0, 0.1) is 12.8 Å². The minimum absolute atomic E-state index is 0.289. The molecule has 0 aromatic heterocycles. The number of nitrogens with two attached hydrogens (primary N) is 2. The molecule has 4 nitrogen and oxygen atoms in total. The van der Waals surface area contributed by atoms with E-state index in [9.17, 15) is 4.79 Å². The monoisotopic (exact) mass is 208 g/mol. The molecule has 82 valence electrons. The number of rotatable bonds is 4. The fourth-order valence-corrected chi connectivity index (χ4v) is 1.04. The van der Waals surface area contributed by atoms with Crippen molar-refractivity contribution in [3.63, 3.8) is 0 Å². The van der Waals surface area contributed by atoms with Crippen molar-refractivity contribution in [1.29, 1.82) is 0 Å². The third kappa shape index (κ3) is 3.16. The number of amides is 1. The average molecular weight is 208 g/mol. The second-order valence-corrected chi connectivity index (χ2v) is 3.63. The van der Waals surface area contributed by atoms with Gasteiger partial charge in [0.15, 0.2) is 0 Å². The number of ether oxygens (including phenoxy) is 1. The van der Waals surface area contributed by atoms with Gasteiger partial charge in [0.05, 0.1) is 12.5 Å². The topological polar surface area (TPSA) is 78.3 Å². The molecule has 0 fully saturated rings. The van der Waals surface area contributed by atoms with E-state index in [0.717, 1.165) is 11.3 Å². The van der Waals surface area contributed by atoms with Crippen molar-refractivity contribution >= 4 is 11.6 Å². The molecule has 0 aliphatic carbocycles. The van der Waals surface area contributed by atoms with Crippen LogP contribution in [0.15, 0.2) is 18.2 Å². The van der Waals surface area contributed by atoms with E-state index in [1.807, 2.05) is 13.0 Å². The highest BCUT2D eigenvalue weighted by molar-refractivity contribution is 5.76. The molecule has 1 amide bonds. The maximum absolute atomic E-state index is 10.8. The normalized spacial score (nSPS) is 12.1. The second kappa shape index (κ2) is 4.68. The standard InChI is InChI=1S/C11H16N2O2/c1-7-5-9(3-4-10(7)12)15-6-8(2)11(13)14/h3-5,8H,6,12H2,1-2H3,(H2,13,14). The number of nitrogen functional groups attached to an aromatic ring is 1. The van der Waals surface area contributed by atoms with Crippen LogP contribution < -0.4 is 16.2 Å². The molecule has 0 saturated carbocycles. The van der Waals surface area contributed by atoms with E-state index in [-0.39, 0.29) is 11.8 Å². The lowest BCUT2D eigenvalue weighted by molar-refractivity contribution is -0.122. The van der Waals surface area contributed by atoms with Crippen LogP contribution in [-0.4, -0.2) is 12.5 Å². The highest BCUT2D eigenvalue weighted by Gasteiger charge is 2.09. The molecular weight excluding hydrogens is 192 g/mol. The molecule has 4 heteroatoms. The number of carbonyl (C=O) groups is 1. The summed E-state index contributed by atoms with van der Waals surface area (Å²) in [4.78, 5) is 10.8. The van der Waals surface area contributed by atoms with Gasteiger partial charge in [-0.2, -0.15) is 0 Å². The summed E-state index contributed by atoms with van der Waals surface area (Å²) in [6.45, 7) is 3.92. The first-order valence-corrected chi connectivity index (χ1v) is 4.79. The minimum Gasteiger partial charge on any atom is -0.493 e. The minimum atomic E-state index is -0.359. The molecule has 15 heavy (non-hydrogen) atoms. The van der Waals surface area contributed by atoms with Crippen LogP contribution in [0.5, 0.6) is 5.75 Å². The van der Waals surface area contributed by atoms with Crippen molar-refractivity contribution < 1.29 is 9.53 Å². The molecule has 4 N–H and O–H groups in total. The van der Waals surface area contributed by atoms with Gasteiger partial charge < -0.3 is 16.2 Å². The fourth-order valence-electron chi connectivity index (χ4n) is 1.04. The van der Waals surface area contributed by atoms with Gasteiger partial charge in [-0.05, 0) is 30.7 Å². The molecule has 0 spiro atoms. The predicted molar refractivity (Wildman–Crippen MR) is 59.4 cm³/mol. The highest BCUT2D eigenvalue weighted by atomic mass is 16.5. The maximum atomic E-state index is 10.8. The zero-order valence-corrected chi connectivity index (χ0v) is 8.99. The van der Waals surface area contributed by atoms with Gasteiger partial charge in [0.2, 0.25) is 5.91 Å². The number of primary amides is 1. The summed E-state index contributed by atoms with van der Waals surface area (Å²) in [5.74, 6) is 0.0554. The van der Waals surface area contributed by atoms with Gasteiger partial charge in [0, 0.05) is 5.69 Å². The second-order valence-electron chi connectivity index (χ2n) is 3.63. The molecule has 0 bridgehead atoms. The maximum Gasteiger partial charge on any atom is 0.223 e. The SMILES string of the molecule is Cc1cc(OCC(C)C(N)=O)ccc1N. The van der Waals surface area contributed by atoms with Gasteiger partial charge in [-0.1, -0.05) is 6.92 Å². The van der Waals surface area contributed by atoms with Gasteiger partial charge in [0.25, 0.3) is 0 Å². The summed E-state index contributed by atoms with van der Waals surface area (Å²) in [6.07, 6.45) is 0. The van der Waals surface area contributed by atoms with Crippen LogP contribution in [0.25, 0.3) is 0 Å². The Bertz CT molecular complexity index is 364. The zero-order valence-electron chi connectivity index (χ0n) is 8.99. The van der Waals surface area contributed by atoms with Crippen molar-refractivity contribution in [2.24, 2.45) is 11.7 Å². The highest BCUT2D eigenvalue weighted by Crippen LogP contribution is 2.18. The lowest BCUT2D eigenvalue weighted by atomic mass is 10.2. The summed E-state index contributed by atoms with van der Waals surface area (Å²) >= 11 is 0. The number of benzene rings is 1. The van der Waals surface area contributed by atoms with E-state index in [4.69, 9.17) is 16.2 Å². The number of aryl methyl sites for hydroxylation is 1. The Labute approximate surface area is 89.2 Å². The van der Waals surface area contributed by atoms with E-state index in [1.54, 1.807) is 19.1 Å². The first-order valence-electron chi connectivity index (χ1n) is 4.79. The Hall–Kier alpha value is -1.71. The van der Waals surface area contributed by atoms with Gasteiger partial charge >= 0.3 is 0 Å². The van der Waals surface area contributed by atoms with E-state index in [0.29, 0.717) is 12.4 Å². The smallest absolute Gasteiger partial charge is 0.223 e. The molecule has 1 unspecified atom stereocenters. The van der Waals surface area contributed by atoms with Crippen LogP contribution in [0.4, 0.5) is 5.69 Å². The molecule has 0 aliphatic rings. The van der Waals surface area contributed by atoms with E-state index >= 15 is 0 Å². The van der Waals surface area contributed by atoms with Crippen LogP contribution in [0.3, 0.4) is 0 Å². The Morgan fingerprint density at radius 2 is 2.20 bits per heavy atom. The van der Waals surface area contributed by atoms with E-state index in [1.165, 1.54) is 0 Å². The molecule has 0 heterocycles. The summed E-state index contributed by atoms with van der Waals surface area (Å²) < 4.78 is 5.41. The van der Waals surface area contributed by atoms with Crippen molar-refractivity contribution in [3.05, 3.63) is 23.8 Å². The third-order valence-electron chi connectivity index (χ3n) is 2.23. The summed E-state index contributed by atoms with van der Waals surface area (Å²) in [5, 5.41) is 0. The largest absolute Gasteiger partial charge is 0.493 e. The Balaban J connectivity index is 2.58. The van der Waals surface area contributed by atoms with Crippen molar-refractivity contribution in [3.8, 4) is 5.75 Å². The van der Waals surface area contributed by atoms with E-state index in [2.05, 4.69) is 0 Å². The Morgan fingerprint density at radius 3 is 2.73 bits per heavy atom. The van der Waals surface area contributed by atoms with Crippen LogP contribution in [0.2, 0.25) is 0 Å².